The molecule has 1 saturated heterocycles. The maximum absolute atomic E-state index is 13.0. The average Bonchev–Trinajstić information content (AvgIpc) is 2.52. The van der Waals surface area contributed by atoms with Crippen molar-refractivity contribution in [1.82, 2.24) is 9.80 Å². The molecule has 1 amide bonds. The Bertz CT molecular complexity index is 508. The molecule has 0 atom stereocenters. The number of carbonyl (C=O) groups is 1. The molecule has 1 aromatic carbocycles. The summed E-state index contributed by atoms with van der Waals surface area (Å²) in [7, 11) is 0. The van der Waals surface area contributed by atoms with Gasteiger partial charge in [-0.1, -0.05) is 25.5 Å². The molecule has 22 heavy (non-hydrogen) atoms. The minimum Gasteiger partial charge on any atom is -0.336 e. The maximum atomic E-state index is 13.0. The van der Waals surface area contributed by atoms with E-state index in [2.05, 4.69) is 11.8 Å². The van der Waals surface area contributed by atoms with Gasteiger partial charge < -0.3 is 4.90 Å². The Morgan fingerprint density at radius 1 is 1.14 bits per heavy atom. The Labute approximate surface area is 128 Å². The third-order valence-electron chi connectivity index (χ3n) is 3.95. The molecule has 122 valence electrons. The quantitative estimate of drug-likeness (QED) is 0.851. The molecule has 6 heteroatoms. The largest absolute Gasteiger partial charge is 0.417 e. The van der Waals surface area contributed by atoms with Gasteiger partial charge in [0.1, 0.15) is 0 Å². The van der Waals surface area contributed by atoms with Crippen LogP contribution >= 0.6 is 0 Å². The monoisotopic (exact) mass is 314 g/mol. The summed E-state index contributed by atoms with van der Waals surface area (Å²) >= 11 is 0. The first-order chi connectivity index (χ1) is 10.4. The predicted molar refractivity (Wildman–Crippen MR) is 78.7 cm³/mol. The SMILES string of the molecule is CCCCN1CCN(C(=O)c2ccccc2C(F)(F)F)CC1. The molecular formula is C16H21F3N2O. The molecule has 0 bridgehead atoms. The van der Waals surface area contributed by atoms with Crippen molar-refractivity contribution >= 4 is 5.91 Å². The van der Waals surface area contributed by atoms with E-state index in [0.29, 0.717) is 13.1 Å². The fraction of sp³-hybridized carbons (Fsp3) is 0.562. The Kier molecular flexibility index (Phi) is 5.45. The van der Waals surface area contributed by atoms with Crippen molar-refractivity contribution in [2.75, 3.05) is 32.7 Å². The lowest BCUT2D eigenvalue weighted by Crippen LogP contribution is -2.49. The molecule has 1 fully saturated rings. The lowest BCUT2D eigenvalue weighted by Gasteiger charge is -2.35. The first-order valence-corrected chi connectivity index (χ1v) is 7.61. The highest BCUT2D eigenvalue weighted by atomic mass is 19.4. The van der Waals surface area contributed by atoms with Crippen LogP contribution in [0.15, 0.2) is 24.3 Å². The van der Waals surface area contributed by atoms with Crippen LogP contribution in [0, 0.1) is 0 Å². The molecule has 1 heterocycles. The molecule has 1 aliphatic heterocycles. The molecule has 0 saturated carbocycles. The molecule has 0 N–H and O–H groups in total. The number of benzene rings is 1. The fourth-order valence-electron chi connectivity index (χ4n) is 2.64. The molecule has 1 aromatic rings. The zero-order chi connectivity index (χ0) is 16.2. The van der Waals surface area contributed by atoms with Gasteiger partial charge in [0, 0.05) is 26.2 Å². The summed E-state index contributed by atoms with van der Waals surface area (Å²) in [6.45, 7) is 5.51. The van der Waals surface area contributed by atoms with Gasteiger partial charge in [-0.15, -0.1) is 0 Å². The van der Waals surface area contributed by atoms with Crippen molar-refractivity contribution in [3.63, 3.8) is 0 Å². The summed E-state index contributed by atoms with van der Waals surface area (Å²) in [4.78, 5) is 16.2. The summed E-state index contributed by atoms with van der Waals surface area (Å²) in [6, 6.07) is 5.00. The molecule has 0 aliphatic carbocycles. The number of alkyl halides is 3. The van der Waals surface area contributed by atoms with Gasteiger partial charge >= 0.3 is 6.18 Å². The van der Waals surface area contributed by atoms with E-state index >= 15 is 0 Å². The van der Waals surface area contributed by atoms with Gasteiger partial charge in [-0.2, -0.15) is 13.2 Å². The van der Waals surface area contributed by atoms with Crippen molar-refractivity contribution in [2.45, 2.75) is 25.9 Å². The van der Waals surface area contributed by atoms with Gasteiger partial charge in [-0.25, -0.2) is 0 Å². The van der Waals surface area contributed by atoms with E-state index in [0.717, 1.165) is 38.5 Å². The van der Waals surface area contributed by atoms with Gasteiger partial charge in [-0.3, -0.25) is 9.69 Å². The minimum atomic E-state index is -4.50. The van der Waals surface area contributed by atoms with E-state index in [9.17, 15) is 18.0 Å². The second-order valence-electron chi connectivity index (χ2n) is 5.53. The van der Waals surface area contributed by atoms with Gasteiger partial charge in [-0.05, 0) is 25.1 Å². The molecule has 0 unspecified atom stereocenters. The average molecular weight is 314 g/mol. The molecule has 0 radical (unpaired) electrons. The molecule has 1 aliphatic rings. The number of unbranched alkanes of at least 4 members (excludes halogenated alkanes) is 1. The number of carbonyl (C=O) groups excluding carboxylic acids is 1. The lowest BCUT2D eigenvalue weighted by molar-refractivity contribution is -0.138. The minimum absolute atomic E-state index is 0.253. The lowest BCUT2D eigenvalue weighted by atomic mass is 10.1. The molecular weight excluding hydrogens is 293 g/mol. The van der Waals surface area contributed by atoms with Crippen LogP contribution in [0.5, 0.6) is 0 Å². The normalized spacial score (nSPS) is 16.8. The van der Waals surface area contributed by atoms with Crippen molar-refractivity contribution in [1.29, 1.82) is 0 Å². The van der Waals surface area contributed by atoms with Gasteiger partial charge in [0.2, 0.25) is 0 Å². The van der Waals surface area contributed by atoms with Crippen molar-refractivity contribution in [2.24, 2.45) is 0 Å². The zero-order valence-electron chi connectivity index (χ0n) is 12.7. The Balaban J connectivity index is 2.05. The Morgan fingerprint density at radius 3 is 2.36 bits per heavy atom. The summed E-state index contributed by atoms with van der Waals surface area (Å²) < 4.78 is 39.0. The molecule has 0 spiro atoms. The van der Waals surface area contributed by atoms with Gasteiger partial charge in [0.05, 0.1) is 11.1 Å². The number of nitrogens with zero attached hydrogens (tertiary/aromatic N) is 2. The number of hydrogen-bond acceptors (Lipinski definition) is 2. The second kappa shape index (κ2) is 7.13. The summed E-state index contributed by atoms with van der Waals surface area (Å²) in [5, 5.41) is 0. The smallest absolute Gasteiger partial charge is 0.336 e. The van der Waals surface area contributed by atoms with E-state index in [-0.39, 0.29) is 5.56 Å². The second-order valence-corrected chi connectivity index (χ2v) is 5.53. The van der Waals surface area contributed by atoms with Crippen molar-refractivity contribution in [3.8, 4) is 0 Å². The van der Waals surface area contributed by atoms with Gasteiger partial charge in [0.25, 0.3) is 5.91 Å². The van der Waals surface area contributed by atoms with Crippen LogP contribution in [0.25, 0.3) is 0 Å². The highest BCUT2D eigenvalue weighted by Crippen LogP contribution is 2.32. The standard InChI is InChI=1S/C16H21F3N2O/c1-2-3-8-20-9-11-21(12-10-20)15(22)13-6-4-5-7-14(13)16(17,18)19/h4-7H,2-3,8-12H2,1H3. The first-order valence-electron chi connectivity index (χ1n) is 7.61. The zero-order valence-corrected chi connectivity index (χ0v) is 12.7. The highest BCUT2D eigenvalue weighted by molar-refractivity contribution is 5.96. The van der Waals surface area contributed by atoms with Crippen LogP contribution in [-0.4, -0.2) is 48.4 Å². The van der Waals surface area contributed by atoms with Crippen molar-refractivity contribution in [3.05, 3.63) is 35.4 Å². The van der Waals surface area contributed by atoms with E-state index in [1.807, 2.05) is 0 Å². The van der Waals surface area contributed by atoms with Crippen molar-refractivity contribution < 1.29 is 18.0 Å². The first kappa shape index (κ1) is 16.8. The van der Waals surface area contributed by atoms with Gasteiger partial charge in [0.15, 0.2) is 0 Å². The van der Waals surface area contributed by atoms with Crippen LogP contribution in [0.4, 0.5) is 13.2 Å². The third-order valence-corrected chi connectivity index (χ3v) is 3.95. The topological polar surface area (TPSA) is 23.6 Å². The highest BCUT2D eigenvalue weighted by Gasteiger charge is 2.36. The van der Waals surface area contributed by atoms with E-state index in [1.54, 1.807) is 0 Å². The number of piperazine rings is 1. The Hall–Kier alpha value is -1.56. The Morgan fingerprint density at radius 2 is 1.77 bits per heavy atom. The predicted octanol–water partition coefficient (Wildman–Crippen LogP) is 3.26. The molecule has 2 rings (SSSR count). The number of hydrogen-bond donors (Lipinski definition) is 0. The van der Waals surface area contributed by atoms with Crippen LogP contribution in [0.1, 0.15) is 35.7 Å². The summed E-state index contributed by atoms with van der Waals surface area (Å²) in [6.07, 6.45) is -2.29. The van der Waals surface area contributed by atoms with E-state index in [1.165, 1.54) is 23.1 Å². The third kappa shape index (κ3) is 4.00. The summed E-state index contributed by atoms with van der Waals surface area (Å²) in [5.41, 5.74) is -1.11. The molecule has 3 nitrogen and oxygen atoms in total. The summed E-state index contributed by atoms with van der Waals surface area (Å²) in [5.74, 6) is -0.525. The number of amides is 1. The number of rotatable bonds is 4. The van der Waals surface area contributed by atoms with Crippen LogP contribution in [0.3, 0.4) is 0 Å². The number of halogens is 3. The van der Waals surface area contributed by atoms with E-state index < -0.39 is 17.6 Å². The van der Waals surface area contributed by atoms with Crippen LogP contribution in [-0.2, 0) is 6.18 Å². The van der Waals surface area contributed by atoms with E-state index in [4.69, 9.17) is 0 Å². The fourth-order valence-corrected chi connectivity index (χ4v) is 2.64. The van der Waals surface area contributed by atoms with Crippen LogP contribution in [0.2, 0.25) is 0 Å². The van der Waals surface area contributed by atoms with Crippen LogP contribution < -0.4 is 0 Å². The maximum Gasteiger partial charge on any atom is 0.417 e. The molecule has 0 aromatic heterocycles.